The molecule has 5 nitrogen and oxygen atoms in total. The van der Waals surface area contributed by atoms with Crippen molar-refractivity contribution in [2.45, 2.75) is 63.6 Å². The summed E-state index contributed by atoms with van der Waals surface area (Å²) in [6.07, 6.45) is 8.36. The van der Waals surface area contributed by atoms with Crippen LogP contribution in [0.2, 0.25) is 0 Å². The van der Waals surface area contributed by atoms with E-state index >= 15 is 0 Å². The molecule has 4 rings (SSSR count). The maximum atomic E-state index is 13.0. The van der Waals surface area contributed by atoms with Gasteiger partial charge in [0.2, 0.25) is 5.91 Å². The van der Waals surface area contributed by atoms with E-state index in [1.54, 1.807) is 4.57 Å². The topological polar surface area (TPSA) is 55.2 Å². The van der Waals surface area contributed by atoms with Gasteiger partial charge >= 0.3 is 0 Å². The molecule has 1 saturated carbocycles. The van der Waals surface area contributed by atoms with Crippen LogP contribution in [0.25, 0.3) is 10.9 Å². The summed E-state index contributed by atoms with van der Waals surface area (Å²) in [5, 5.41) is 1.32. The summed E-state index contributed by atoms with van der Waals surface area (Å²) in [6.45, 7) is 4.56. The molecule has 29 heavy (non-hydrogen) atoms. The molecule has 2 aromatic rings. The maximum absolute atomic E-state index is 13.0. The molecule has 0 unspecified atom stereocenters. The molecular formula is C23H31N3O2S. The molecule has 1 aromatic carbocycles. The zero-order valence-corrected chi connectivity index (χ0v) is 18.1. The Bertz CT molecular complexity index is 926. The first-order valence-corrected chi connectivity index (χ1v) is 12.1. The van der Waals surface area contributed by atoms with Crippen LogP contribution >= 0.6 is 11.8 Å². The third-order valence-electron chi connectivity index (χ3n) is 6.53. The number of carbonyl (C=O) groups is 1. The Labute approximate surface area is 176 Å². The van der Waals surface area contributed by atoms with Gasteiger partial charge in [0, 0.05) is 19.6 Å². The molecule has 1 aliphatic carbocycles. The Hall–Kier alpha value is -1.82. The SMILES string of the molecule is CCCCn1c(SCC(=O)N2CC[C@H]3CCCC[C@H]3C2)nc2ccccc2c1=O. The van der Waals surface area contributed by atoms with Crippen molar-refractivity contribution in [3.8, 4) is 0 Å². The predicted molar refractivity (Wildman–Crippen MR) is 118 cm³/mol. The van der Waals surface area contributed by atoms with E-state index in [2.05, 4.69) is 11.8 Å². The summed E-state index contributed by atoms with van der Waals surface area (Å²) in [4.78, 5) is 32.7. The lowest BCUT2D eigenvalue weighted by Crippen LogP contribution is -2.45. The Balaban J connectivity index is 1.48. The molecule has 0 bridgehead atoms. The standard InChI is InChI=1S/C23H31N3O2S/c1-2-3-13-26-22(28)19-10-6-7-11-20(19)24-23(26)29-16-21(27)25-14-12-17-8-4-5-9-18(17)15-25/h6-7,10-11,17-18H,2-5,8-9,12-16H2,1H3/t17-,18+/m1/s1. The molecule has 1 aliphatic heterocycles. The van der Waals surface area contributed by atoms with Crippen molar-refractivity contribution in [3.63, 3.8) is 0 Å². The number of likely N-dealkylation sites (tertiary alicyclic amines) is 1. The number of hydrogen-bond acceptors (Lipinski definition) is 4. The zero-order chi connectivity index (χ0) is 20.2. The van der Waals surface area contributed by atoms with Crippen LogP contribution in [-0.2, 0) is 11.3 Å². The van der Waals surface area contributed by atoms with E-state index in [1.165, 1.54) is 37.4 Å². The van der Waals surface area contributed by atoms with Gasteiger partial charge in [0.1, 0.15) is 0 Å². The van der Waals surface area contributed by atoms with Crippen molar-refractivity contribution in [3.05, 3.63) is 34.6 Å². The monoisotopic (exact) mass is 413 g/mol. The van der Waals surface area contributed by atoms with E-state index in [9.17, 15) is 9.59 Å². The van der Waals surface area contributed by atoms with Crippen LogP contribution in [0.4, 0.5) is 0 Å². The largest absolute Gasteiger partial charge is 0.342 e. The number of fused-ring (bicyclic) bond motifs is 2. The van der Waals surface area contributed by atoms with E-state index in [0.717, 1.165) is 38.3 Å². The third kappa shape index (κ3) is 4.52. The van der Waals surface area contributed by atoms with Crippen LogP contribution in [0.5, 0.6) is 0 Å². The highest BCUT2D eigenvalue weighted by Gasteiger charge is 2.32. The number of amides is 1. The zero-order valence-electron chi connectivity index (χ0n) is 17.3. The molecule has 6 heteroatoms. The quantitative estimate of drug-likeness (QED) is 0.523. The molecule has 156 valence electrons. The van der Waals surface area contributed by atoms with Gasteiger partial charge in [-0.2, -0.15) is 0 Å². The summed E-state index contributed by atoms with van der Waals surface area (Å²) in [5.41, 5.74) is 0.713. The molecule has 0 spiro atoms. The second-order valence-electron chi connectivity index (χ2n) is 8.44. The number of benzene rings is 1. The average Bonchev–Trinajstić information content (AvgIpc) is 2.76. The first-order valence-electron chi connectivity index (χ1n) is 11.1. The van der Waals surface area contributed by atoms with Crippen molar-refractivity contribution >= 4 is 28.6 Å². The first-order chi connectivity index (χ1) is 14.2. The van der Waals surface area contributed by atoms with Crippen LogP contribution in [0.15, 0.2) is 34.2 Å². The van der Waals surface area contributed by atoms with Crippen molar-refractivity contribution in [2.24, 2.45) is 11.8 Å². The number of unbranched alkanes of at least 4 members (excludes halogenated alkanes) is 1. The molecule has 1 aromatic heterocycles. The van der Waals surface area contributed by atoms with Crippen LogP contribution < -0.4 is 5.56 Å². The highest BCUT2D eigenvalue weighted by atomic mass is 32.2. The fourth-order valence-corrected chi connectivity index (χ4v) is 5.74. The summed E-state index contributed by atoms with van der Waals surface area (Å²) in [7, 11) is 0. The van der Waals surface area contributed by atoms with Crippen LogP contribution in [0, 0.1) is 11.8 Å². The number of carbonyl (C=O) groups excluding carboxylic acids is 1. The minimum Gasteiger partial charge on any atom is -0.342 e. The fraction of sp³-hybridized carbons (Fsp3) is 0.609. The van der Waals surface area contributed by atoms with Crippen molar-refractivity contribution < 1.29 is 4.79 Å². The lowest BCUT2D eigenvalue weighted by Gasteiger charge is -2.41. The number of piperidine rings is 1. The van der Waals surface area contributed by atoms with Crippen LogP contribution in [-0.4, -0.2) is 39.2 Å². The molecule has 1 amide bonds. The summed E-state index contributed by atoms with van der Waals surface area (Å²) < 4.78 is 1.76. The van der Waals surface area contributed by atoms with E-state index < -0.39 is 0 Å². The summed E-state index contributed by atoms with van der Waals surface area (Å²) in [6, 6.07) is 7.49. The van der Waals surface area contributed by atoms with Gasteiger partial charge in [0.25, 0.3) is 5.56 Å². The second kappa shape index (κ2) is 9.33. The number of aromatic nitrogens is 2. The lowest BCUT2D eigenvalue weighted by molar-refractivity contribution is -0.131. The van der Waals surface area contributed by atoms with Gasteiger partial charge in [0.15, 0.2) is 5.16 Å². The number of nitrogens with zero attached hydrogens (tertiary/aromatic N) is 3. The summed E-state index contributed by atoms with van der Waals surface area (Å²) in [5.74, 6) is 2.05. The number of para-hydroxylation sites is 1. The molecule has 2 aliphatic rings. The van der Waals surface area contributed by atoms with Gasteiger partial charge in [-0.1, -0.05) is 56.5 Å². The van der Waals surface area contributed by atoms with Crippen LogP contribution in [0.3, 0.4) is 0 Å². The molecule has 0 N–H and O–H groups in total. The second-order valence-corrected chi connectivity index (χ2v) is 9.39. The third-order valence-corrected chi connectivity index (χ3v) is 7.49. The van der Waals surface area contributed by atoms with Gasteiger partial charge < -0.3 is 4.90 Å². The van der Waals surface area contributed by atoms with Crippen LogP contribution in [0.1, 0.15) is 51.9 Å². The number of hydrogen-bond donors (Lipinski definition) is 0. The highest BCUT2D eigenvalue weighted by molar-refractivity contribution is 7.99. The Morgan fingerprint density at radius 1 is 1.17 bits per heavy atom. The minimum absolute atomic E-state index is 0.00187. The highest BCUT2D eigenvalue weighted by Crippen LogP contribution is 2.36. The average molecular weight is 414 g/mol. The van der Waals surface area contributed by atoms with E-state index in [1.807, 2.05) is 24.3 Å². The van der Waals surface area contributed by atoms with Gasteiger partial charge in [0.05, 0.1) is 16.7 Å². The maximum Gasteiger partial charge on any atom is 0.262 e. The van der Waals surface area contributed by atoms with Crippen molar-refractivity contribution in [1.29, 1.82) is 0 Å². The molecular weight excluding hydrogens is 382 g/mol. The minimum atomic E-state index is 0.00187. The van der Waals surface area contributed by atoms with Crippen molar-refractivity contribution in [2.75, 3.05) is 18.8 Å². The Morgan fingerprint density at radius 3 is 2.79 bits per heavy atom. The van der Waals surface area contributed by atoms with Gasteiger partial charge in [-0.15, -0.1) is 0 Å². The lowest BCUT2D eigenvalue weighted by atomic mass is 9.75. The number of thioether (sulfide) groups is 1. The molecule has 2 atom stereocenters. The van der Waals surface area contributed by atoms with Crippen molar-refractivity contribution in [1.82, 2.24) is 14.5 Å². The van der Waals surface area contributed by atoms with E-state index in [4.69, 9.17) is 4.98 Å². The Morgan fingerprint density at radius 2 is 1.97 bits per heavy atom. The van der Waals surface area contributed by atoms with E-state index in [0.29, 0.717) is 34.3 Å². The molecule has 2 heterocycles. The normalized spacial score (nSPS) is 21.9. The first kappa shape index (κ1) is 20.5. The molecule has 1 saturated heterocycles. The number of rotatable bonds is 6. The van der Waals surface area contributed by atoms with Gasteiger partial charge in [-0.3, -0.25) is 14.2 Å². The smallest absolute Gasteiger partial charge is 0.262 e. The molecule has 0 radical (unpaired) electrons. The van der Waals surface area contributed by atoms with E-state index in [-0.39, 0.29) is 11.5 Å². The van der Waals surface area contributed by atoms with Gasteiger partial charge in [-0.05, 0) is 43.2 Å². The van der Waals surface area contributed by atoms with Gasteiger partial charge in [-0.25, -0.2) is 4.98 Å². The predicted octanol–water partition coefficient (Wildman–Crippen LogP) is 4.33. The summed E-state index contributed by atoms with van der Waals surface area (Å²) >= 11 is 1.42. The molecule has 2 fully saturated rings. The Kier molecular flexibility index (Phi) is 6.58. The fourth-order valence-electron chi connectivity index (χ4n) is 4.82.